The molecule has 0 saturated heterocycles. The van der Waals surface area contributed by atoms with E-state index in [0.717, 1.165) is 10.8 Å². The molecule has 0 radical (unpaired) electrons. The molecular weight excluding hydrogens is 347 g/mol. The normalized spacial score (nSPS) is 11.8. The van der Waals surface area contributed by atoms with Crippen molar-refractivity contribution in [1.29, 1.82) is 5.26 Å². The largest absolute Gasteiger partial charge is 0.417 e. The minimum Gasteiger partial charge on any atom is -0.244 e. The number of aromatic nitrogens is 2. The summed E-state index contributed by atoms with van der Waals surface area (Å²) in [6.07, 6.45) is -1.92. The first-order chi connectivity index (χ1) is 12.0. The molecule has 7 heteroatoms. The molecule has 0 N–H and O–H groups in total. The molecule has 3 nitrogen and oxygen atoms in total. The number of fused-ring (bicyclic) bond motifs is 2. The van der Waals surface area contributed by atoms with Crippen LogP contribution in [-0.2, 0) is 6.18 Å². The van der Waals surface area contributed by atoms with Crippen molar-refractivity contribution in [2.24, 2.45) is 0 Å². The van der Waals surface area contributed by atoms with E-state index in [1.807, 2.05) is 0 Å². The molecule has 0 saturated carbocycles. The second-order valence-corrected chi connectivity index (χ2v) is 6.44. The van der Waals surface area contributed by atoms with Crippen LogP contribution in [0.25, 0.3) is 31.4 Å². The van der Waals surface area contributed by atoms with Crippen molar-refractivity contribution in [3.8, 4) is 16.5 Å². The fourth-order valence-corrected chi connectivity index (χ4v) is 3.98. The molecule has 0 aliphatic carbocycles. The lowest BCUT2D eigenvalue weighted by molar-refractivity contribution is -0.137. The summed E-state index contributed by atoms with van der Waals surface area (Å²) < 4.78 is 41.7. The number of rotatable bonds is 1. The molecule has 0 fully saturated rings. The molecule has 0 spiro atoms. The standard InChI is InChI=1S/C18H8F3N3S/c19-18(20,21)14-5-10-8-23-9-24-15(10)6-12(14)17-13(7-22)11-3-1-2-4-16(11)25-17/h1-6,8-9H. The van der Waals surface area contributed by atoms with Crippen LogP contribution < -0.4 is 0 Å². The molecule has 4 rings (SSSR count). The molecule has 0 bridgehead atoms. The van der Waals surface area contributed by atoms with Gasteiger partial charge in [0.15, 0.2) is 0 Å². The molecule has 2 aromatic heterocycles. The van der Waals surface area contributed by atoms with Crippen molar-refractivity contribution in [1.82, 2.24) is 9.97 Å². The molecule has 0 aliphatic heterocycles. The first-order valence-corrected chi connectivity index (χ1v) is 8.03. The lowest BCUT2D eigenvalue weighted by Gasteiger charge is -2.13. The molecule has 0 amide bonds. The van der Waals surface area contributed by atoms with Crippen molar-refractivity contribution in [3.63, 3.8) is 0 Å². The third-order valence-electron chi connectivity index (χ3n) is 3.90. The van der Waals surface area contributed by atoms with Gasteiger partial charge in [0.2, 0.25) is 0 Å². The molecule has 0 unspecified atom stereocenters. The van der Waals surface area contributed by atoms with Crippen LogP contribution in [0.1, 0.15) is 11.1 Å². The Morgan fingerprint density at radius 2 is 1.92 bits per heavy atom. The topological polar surface area (TPSA) is 49.6 Å². The van der Waals surface area contributed by atoms with Crippen LogP contribution in [0.15, 0.2) is 48.9 Å². The van der Waals surface area contributed by atoms with Gasteiger partial charge in [-0.3, -0.25) is 0 Å². The number of benzene rings is 2. The van der Waals surface area contributed by atoms with Gasteiger partial charge in [0.05, 0.1) is 21.5 Å². The predicted molar refractivity (Wildman–Crippen MR) is 90.1 cm³/mol. The Kier molecular flexibility index (Phi) is 3.44. The first-order valence-electron chi connectivity index (χ1n) is 7.22. The molecule has 2 heterocycles. The van der Waals surface area contributed by atoms with Gasteiger partial charge in [-0.05, 0) is 18.2 Å². The summed E-state index contributed by atoms with van der Waals surface area (Å²) in [6.45, 7) is 0. The van der Waals surface area contributed by atoms with Crippen molar-refractivity contribution in [2.75, 3.05) is 0 Å². The Morgan fingerprint density at radius 1 is 1.12 bits per heavy atom. The third kappa shape index (κ3) is 2.51. The summed E-state index contributed by atoms with van der Waals surface area (Å²) >= 11 is 1.17. The third-order valence-corrected chi connectivity index (χ3v) is 5.11. The van der Waals surface area contributed by atoms with Gasteiger partial charge >= 0.3 is 6.18 Å². The minimum atomic E-state index is -4.55. The quantitative estimate of drug-likeness (QED) is 0.459. The number of hydrogen-bond donors (Lipinski definition) is 0. The number of hydrogen-bond acceptors (Lipinski definition) is 4. The predicted octanol–water partition coefficient (Wildman–Crippen LogP) is 5.40. The average Bonchev–Trinajstić information content (AvgIpc) is 2.98. The van der Waals surface area contributed by atoms with Crippen molar-refractivity contribution in [3.05, 3.63) is 60.0 Å². The van der Waals surface area contributed by atoms with E-state index in [-0.39, 0.29) is 11.1 Å². The summed E-state index contributed by atoms with van der Waals surface area (Å²) in [4.78, 5) is 8.12. The molecule has 2 aromatic carbocycles. The molecule has 122 valence electrons. The van der Waals surface area contributed by atoms with Crippen LogP contribution in [0.5, 0.6) is 0 Å². The van der Waals surface area contributed by atoms with Gasteiger partial charge in [0.1, 0.15) is 12.4 Å². The maximum Gasteiger partial charge on any atom is 0.417 e. The van der Waals surface area contributed by atoms with E-state index in [1.54, 1.807) is 24.3 Å². The number of halogens is 3. The highest BCUT2D eigenvalue weighted by atomic mass is 32.1. The Balaban J connectivity index is 2.12. The Labute approximate surface area is 144 Å². The number of nitriles is 1. The number of alkyl halides is 3. The Hall–Kier alpha value is -2.98. The zero-order valence-electron chi connectivity index (χ0n) is 12.5. The average molecular weight is 355 g/mol. The van der Waals surface area contributed by atoms with Gasteiger partial charge < -0.3 is 0 Å². The van der Waals surface area contributed by atoms with E-state index in [9.17, 15) is 18.4 Å². The zero-order chi connectivity index (χ0) is 17.6. The van der Waals surface area contributed by atoms with E-state index >= 15 is 0 Å². The first kappa shape index (κ1) is 15.5. The van der Waals surface area contributed by atoms with Gasteiger partial charge in [-0.25, -0.2) is 9.97 Å². The van der Waals surface area contributed by atoms with E-state index < -0.39 is 11.7 Å². The number of nitrogens with zero attached hydrogens (tertiary/aromatic N) is 3. The minimum absolute atomic E-state index is 0.0311. The van der Waals surface area contributed by atoms with Gasteiger partial charge in [0, 0.05) is 27.2 Å². The fraction of sp³-hybridized carbons (Fsp3) is 0.0556. The van der Waals surface area contributed by atoms with E-state index in [2.05, 4.69) is 16.0 Å². The molecule has 25 heavy (non-hydrogen) atoms. The van der Waals surface area contributed by atoms with Crippen LogP contribution >= 0.6 is 11.3 Å². The van der Waals surface area contributed by atoms with E-state index in [4.69, 9.17) is 0 Å². The zero-order valence-corrected chi connectivity index (χ0v) is 13.3. The Bertz CT molecular complexity index is 1160. The smallest absolute Gasteiger partial charge is 0.244 e. The van der Waals surface area contributed by atoms with Gasteiger partial charge in [-0.2, -0.15) is 18.4 Å². The second kappa shape index (κ2) is 5.53. The highest BCUT2D eigenvalue weighted by Crippen LogP contribution is 2.45. The summed E-state index contributed by atoms with van der Waals surface area (Å²) in [5, 5.41) is 10.5. The lowest BCUT2D eigenvalue weighted by Crippen LogP contribution is -2.07. The highest BCUT2D eigenvalue weighted by Gasteiger charge is 2.35. The summed E-state index contributed by atoms with van der Waals surface area (Å²) in [6, 6.07) is 11.6. The maximum atomic E-state index is 13.6. The van der Waals surface area contributed by atoms with Crippen LogP contribution in [0.2, 0.25) is 0 Å². The summed E-state index contributed by atoms with van der Waals surface area (Å²) in [5.74, 6) is 0. The molecule has 4 aromatic rings. The van der Waals surface area contributed by atoms with Gasteiger partial charge in [-0.15, -0.1) is 11.3 Å². The van der Waals surface area contributed by atoms with Crippen LogP contribution in [0.3, 0.4) is 0 Å². The fourth-order valence-electron chi connectivity index (χ4n) is 2.80. The monoisotopic (exact) mass is 355 g/mol. The maximum absolute atomic E-state index is 13.6. The number of thiophene rings is 1. The molecule has 0 aliphatic rings. The van der Waals surface area contributed by atoms with E-state index in [1.165, 1.54) is 29.9 Å². The second-order valence-electron chi connectivity index (χ2n) is 5.39. The van der Waals surface area contributed by atoms with Gasteiger partial charge in [0.25, 0.3) is 0 Å². The SMILES string of the molecule is N#Cc1c(-c2cc3ncncc3cc2C(F)(F)F)sc2ccccc12. The molecule has 0 atom stereocenters. The lowest BCUT2D eigenvalue weighted by atomic mass is 9.99. The van der Waals surface area contributed by atoms with E-state index in [0.29, 0.717) is 21.2 Å². The van der Waals surface area contributed by atoms with Crippen LogP contribution in [0, 0.1) is 11.3 Å². The summed E-state index contributed by atoms with van der Waals surface area (Å²) in [7, 11) is 0. The van der Waals surface area contributed by atoms with Crippen molar-refractivity contribution in [2.45, 2.75) is 6.18 Å². The summed E-state index contributed by atoms with van der Waals surface area (Å²) in [5.41, 5.74) is -0.173. The van der Waals surface area contributed by atoms with Crippen molar-refractivity contribution >= 4 is 32.3 Å². The highest BCUT2D eigenvalue weighted by molar-refractivity contribution is 7.22. The van der Waals surface area contributed by atoms with Crippen LogP contribution in [0.4, 0.5) is 13.2 Å². The van der Waals surface area contributed by atoms with Gasteiger partial charge in [-0.1, -0.05) is 18.2 Å². The van der Waals surface area contributed by atoms with Crippen LogP contribution in [-0.4, -0.2) is 9.97 Å². The Morgan fingerprint density at radius 3 is 2.68 bits per heavy atom. The van der Waals surface area contributed by atoms with Crippen molar-refractivity contribution < 1.29 is 13.2 Å². The molecular formula is C18H8F3N3S.